The molecule has 2 atom stereocenters. The van der Waals surface area contributed by atoms with E-state index in [0.29, 0.717) is 11.2 Å². The lowest BCUT2D eigenvalue weighted by atomic mass is 9.92. The Morgan fingerprint density at radius 2 is 1.26 bits per heavy atom. The molecule has 0 radical (unpaired) electrons. The SMILES string of the molecule is CCC(CC)NC(c1ccccc1)C(NC(=S)Nc1ccc(C)cc1)c1ccccc1. The molecule has 0 spiro atoms. The topological polar surface area (TPSA) is 36.1 Å². The van der Waals surface area contributed by atoms with Crippen LogP contribution < -0.4 is 16.0 Å². The van der Waals surface area contributed by atoms with Gasteiger partial charge in [-0.3, -0.25) is 0 Å². The van der Waals surface area contributed by atoms with Crippen LogP contribution in [0, 0.1) is 6.92 Å². The van der Waals surface area contributed by atoms with Gasteiger partial charge in [0.2, 0.25) is 0 Å². The third-order valence-electron chi connectivity index (χ3n) is 5.65. The van der Waals surface area contributed by atoms with Crippen molar-refractivity contribution in [3.63, 3.8) is 0 Å². The number of hydrogen-bond donors (Lipinski definition) is 3. The minimum atomic E-state index is -0.0188. The molecular weight excluding hydrogens is 398 g/mol. The predicted octanol–water partition coefficient (Wildman–Crippen LogP) is 6.54. The van der Waals surface area contributed by atoms with Crippen LogP contribution in [0.15, 0.2) is 84.9 Å². The summed E-state index contributed by atoms with van der Waals surface area (Å²) in [5.41, 5.74) is 4.65. The van der Waals surface area contributed by atoms with E-state index in [1.165, 1.54) is 16.7 Å². The van der Waals surface area contributed by atoms with Crippen molar-refractivity contribution in [3.8, 4) is 0 Å². The van der Waals surface area contributed by atoms with E-state index in [1.54, 1.807) is 0 Å². The number of rotatable bonds is 9. The van der Waals surface area contributed by atoms with E-state index in [2.05, 4.69) is 122 Å². The van der Waals surface area contributed by atoms with Crippen molar-refractivity contribution in [1.82, 2.24) is 10.6 Å². The number of thiocarbonyl (C=S) groups is 1. The van der Waals surface area contributed by atoms with Gasteiger partial charge >= 0.3 is 0 Å². The summed E-state index contributed by atoms with van der Waals surface area (Å²) in [6.45, 7) is 6.55. The van der Waals surface area contributed by atoms with Crippen molar-refractivity contribution in [2.24, 2.45) is 0 Å². The van der Waals surface area contributed by atoms with Crippen LogP contribution >= 0.6 is 12.2 Å². The Bertz CT molecular complexity index is 922. The summed E-state index contributed by atoms with van der Waals surface area (Å²) in [5, 5.41) is 11.5. The van der Waals surface area contributed by atoms with Crippen molar-refractivity contribution < 1.29 is 0 Å². The maximum absolute atomic E-state index is 5.73. The van der Waals surface area contributed by atoms with Gasteiger partial charge in [0, 0.05) is 11.7 Å². The summed E-state index contributed by atoms with van der Waals surface area (Å²) in [4.78, 5) is 0. The van der Waals surface area contributed by atoms with Crippen molar-refractivity contribution in [1.29, 1.82) is 0 Å². The van der Waals surface area contributed by atoms with Crippen LogP contribution in [0.25, 0.3) is 0 Å². The van der Waals surface area contributed by atoms with E-state index in [0.717, 1.165) is 18.5 Å². The first-order valence-corrected chi connectivity index (χ1v) is 11.5. The predicted molar refractivity (Wildman–Crippen MR) is 136 cm³/mol. The van der Waals surface area contributed by atoms with Gasteiger partial charge in [-0.2, -0.15) is 0 Å². The van der Waals surface area contributed by atoms with Crippen LogP contribution in [-0.2, 0) is 0 Å². The maximum atomic E-state index is 5.73. The number of anilines is 1. The molecular formula is C27H33N3S. The minimum Gasteiger partial charge on any atom is -0.354 e. The lowest BCUT2D eigenvalue weighted by Crippen LogP contribution is -2.43. The molecule has 0 fully saturated rings. The summed E-state index contributed by atoms with van der Waals surface area (Å²) in [6, 6.07) is 29.9. The molecule has 0 saturated heterocycles. The first-order chi connectivity index (χ1) is 15.1. The standard InChI is InChI=1S/C27H33N3S/c1-4-23(5-2)28-25(21-12-8-6-9-13-21)26(22-14-10-7-11-15-22)30-27(31)29-24-18-16-20(3)17-19-24/h6-19,23,25-26,28H,4-5H2,1-3H3,(H2,29,30,31). The third kappa shape index (κ3) is 6.65. The fourth-order valence-electron chi connectivity index (χ4n) is 3.79. The molecule has 3 aromatic carbocycles. The molecule has 4 heteroatoms. The number of benzene rings is 3. The van der Waals surface area contributed by atoms with E-state index in [-0.39, 0.29) is 12.1 Å². The van der Waals surface area contributed by atoms with Gasteiger partial charge in [0.15, 0.2) is 5.11 Å². The second-order valence-corrected chi connectivity index (χ2v) is 8.33. The average molecular weight is 432 g/mol. The molecule has 0 amide bonds. The number of aryl methyl sites for hydroxylation is 1. The maximum Gasteiger partial charge on any atom is 0.171 e. The second kappa shape index (κ2) is 11.6. The molecule has 0 bridgehead atoms. The monoisotopic (exact) mass is 431 g/mol. The zero-order valence-electron chi connectivity index (χ0n) is 18.6. The van der Waals surface area contributed by atoms with E-state index < -0.39 is 0 Å². The van der Waals surface area contributed by atoms with Gasteiger partial charge < -0.3 is 16.0 Å². The van der Waals surface area contributed by atoms with Crippen LogP contribution in [0.4, 0.5) is 5.69 Å². The van der Waals surface area contributed by atoms with Crippen LogP contribution in [0.2, 0.25) is 0 Å². The summed E-state index contributed by atoms with van der Waals surface area (Å²) in [7, 11) is 0. The van der Waals surface area contributed by atoms with Gasteiger partial charge in [-0.25, -0.2) is 0 Å². The summed E-state index contributed by atoms with van der Waals surface area (Å²) in [6.07, 6.45) is 2.15. The van der Waals surface area contributed by atoms with Crippen molar-refractivity contribution in [2.75, 3.05) is 5.32 Å². The normalized spacial score (nSPS) is 12.9. The molecule has 0 aliphatic carbocycles. The Kier molecular flexibility index (Phi) is 8.63. The third-order valence-corrected chi connectivity index (χ3v) is 5.87. The number of nitrogens with one attached hydrogen (secondary N) is 3. The smallest absolute Gasteiger partial charge is 0.171 e. The van der Waals surface area contributed by atoms with E-state index in [9.17, 15) is 0 Å². The molecule has 0 saturated carbocycles. The Morgan fingerprint density at radius 1 is 0.742 bits per heavy atom. The first-order valence-electron chi connectivity index (χ1n) is 11.1. The average Bonchev–Trinajstić information content (AvgIpc) is 2.81. The summed E-state index contributed by atoms with van der Waals surface area (Å²) in [5.74, 6) is 0. The zero-order valence-corrected chi connectivity index (χ0v) is 19.5. The molecule has 31 heavy (non-hydrogen) atoms. The Morgan fingerprint density at radius 3 is 1.77 bits per heavy atom. The quantitative estimate of drug-likeness (QED) is 0.336. The Hall–Kier alpha value is -2.69. The highest BCUT2D eigenvalue weighted by Gasteiger charge is 2.27. The molecule has 2 unspecified atom stereocenters. The highest BCUT2D eigenvalue weighted by molar-refractivity contribution is 7.80. The van der Waals surface area contributed by atoms with Gasteiger partial charge in [-0.15, -0.1) is 0 Å². The molecule has 0 aliphatic rings. The van der Waals surface area contributed by atoms with Gasteiger partial charge in [-0.05, 0) is 55.2 Å². The summed E-state index contributed by atoms with van der Waals surface area (Å²) < 4.78 is 0. The van der Waals surface area contributed by atoms with E-state index in [1.807, 2.05) is 0 Å². The minimum absolute atomic E-state index is 0.0188. The number of hydrogen-bond acceptors (Lipinski definition) is 2. The van der Waals surface area contributed by atoms with E-state index >= 15 is 0 Å². The molecule has 0 aromatic heterocycles. The lowest BCUT2D eigenvalue weighted by Gasteiger charge is -2.33. The van der Waals surface area contributed by atoms with Crippen LogP contribution in [0.1, 0.15) is 55.5 Å². The first kappa shape index (κ1) is 23.0. The Balaban J connectivity index is 1.91. The van der Waals surface area contributed by atoms with E-state index in [4.69, 9.17) is 12.2 Å². The van der Waals surface area contributed by atoms with Gasteiger partial charge in [0.1, 0.15) is 0 Å². The zero-order chi connectivity index (χ0) is 22.1. The fraction of sp³-hybridized carbons (Fsp3) is 0.296. The molecule has 3 aromatic rings. The van der Waals surface area contributed by atoms with Crippen LogP contribution in [0.5, 0.6) is 0 Å². The second-order valence-electron chi connectivity index (χ2n) is 7.92. The van der Waals surface area contributed by atoms with Crippen LogP contribution in [-0.4, -0.2) is 11.2 Å². The van der Waals surface area contributed by atoms with Crippen molar-refractivity contribution in [3.05, 3.63) is 102 Å². The van der Waals surface area contributed by atoms with Crippen LogP contribution in [0.3, 0.4) is 0 Å². The highest BCUT2D eigenvalue weighted by Crippen LogP contribution is 2.30. The van der Waals surface area contributed by atoms with Gasteiger partial charge in [0.05, 0.1) is 12.1 Å². The molecule has 0 aliphatic heterocycles. The van der Waals surface area contributed by atoms with Crippen molar-refractivity contribution >= 4 is 23.0 Å². The molecule has 3 nitrogen and oxygen atoms in total. The van der Waals surface area contributed by atoms with Gasteiger partial charge in [-0.1, -0.05) is 92.2 Å². The molecule has 162 valence electrons. The molecule has 0 heterocycles. The molecule has 3 rings (SSSR count). The molecule has 3 N–H and O–H groups in total. The fourth-order valence-corrected chi connectivity index (χ4v) is 4.03. The highest BCUT2D eigenvalue weighted by atomic mass is 32.1. The summed E-state index contributed by atoms with van der Waals surface area (Å²) >= 11 is 5.73. The largest absolute Gasteiger partial charge is 0.354 e. The lowest BCUT2D eigenvalue weighted by molar-refractivity contribution is 0.357. The van der Waals surface area contributed by atoms with Gasteiger partial charge in [0.25, 0.3) is 0 Å². The van der Waals surface area contributed by atoms with Crippen molar-refractivity contribution in [2.45, 2.75) is 51.7 Å². The Labute approximate surface area is 192 Å².